The fourth-order valence-corrected chi connectivity index (χ4v) is 1.67. The van der Waals surface area contributed by atoms with E-state index < -0.39 is 0 Å². The summed E-state index contributed by atoms with van der Waals surface area (Å²) in [5, 5.41) is 5.70. The highest BCUT2D eigenvalue weighted by molar-refractivity contribution is 5.73. The molecule has 0 unspecified atom stereocenters. The summed E-state index contributed by atoms with van der Waals surface area (Å²) >= 11 is 0. The van der Waals surface area contributed by atoms with Crippen molar-refractivity contribution in [2.45, 2.75) is 53.4 Å². The van der Waals surface area contributed by atoms with Crippen LogP contribution in [0.5, 0.6) is 0 Å². The van der Waals surface area contributed by atoms with Crippen molar-refractivity contribution in [1.82, 2.24) is 10.6 Å². The Kier molecular flexibility index (Phi) is 6.69. The van der Waals surface area contributed by atoms with Crippen LogP contribution in [0.4, 0.5) is 4.79 Å². The number of hydrogen-bond donors (Lipinski definition) is 2. The summed E-state index contributed by atoms with van der Waals surface area (Å²) in [5.74, 6) is 0.452. The quantitative estimate of drug-likeness (QED) is 0.843. The number of rotatable bonds is 6. The molecule has 0 radical (unpaired) electrons. The molecule has 1 aromatic rings. The second kappa shape index (κ2) is 8.03. The third-order valence-corrected chi connectivity index (χ3v) is 2.79. The van der Waals surface area contributed by atoms with Crippen molar-refractivity contribution in [3.8, 4) is 0 Å². The van der Waals surface area contributed by atoms with Gasteiger partial charge in [-0.2, -0.15) is 0 Å². The molecule has 0 aliphatic rings. The molecule has 0 atom stereocenters. The van der Waals surface area contributed by atoms with Gasteiger partial charge in [0.05, 0.1) is 12.2 Å². The van der Waals surface area contributed by atoms with Gasteiger partial charge in [0.25, 0.3) is 0 Å². The van der Waals surface area contributed by atoms with E-state index in [2.05, 4.69) is 30.5 Å². The highest BCUT2D eigenvalue weighted by atomic mass is 16.5. The molecule has 4 heteroatoms. The average molecular weight is 292 g/mol. The van der Waals surface area contributed by atoms with Crippen molar-refractivity contribution in [3.05, 3.63) is 35.4 Å². The SMILES string of the molecule is CC(C)CNC(=O)NCc1cccc(COC(C)(C)C)c1. The summed E-state index contributed by atoms with van der Waals surface area (Å²) < 4.78 is 5.76. The fourth-order valence-electron chi connectivity index (χ4n) is 1.67. The molecular formula is C17H28N2O2. The molecule has 0 saturated carbocycles. The van der Waals surface area contributed by atoms with Crippen molar-refractivity contribution >= 4 is 6.03 Å². The maximum Gasteiger partial charge on any atom is 0.315 e. The van der Waals surface area contributed by atoms with Crippen LogP contribution in [0, 0.1) is 5.92 Å². The van der Waals surface area contributed by atoms with E-state index in [0.29, 0.717) is 25.6 Å². The van der Waals surface area contributed by atoms with Crippen molar-refractivity contribution < 1.29 is 9.53 Å². The summed E-state index contributed by atoms with van der Waals surface area (Å²) in [6, 6.07) is 7.97. The Bertz CT molecular complexity index is 450. The van der Waals surface area contributed by atoms with Gasteiger partial charge in [-0.25, -0.2) is 4.79 Å². The Morgan fingerprint density at radius 3 is 2.48 bits per heavy atom. The maximum absolute atomic E-state index is 11.6. The molecule has 0 bridgehead atoms. The minimum absolute atomic E-state index is 0.125. The number of urea groups is 1. The second-order valence-corrected chi connectivity index (χ2v) is 6.68. The van der Waals surface area contributed by atoms with Gasteiger partial charge in [0.1, 0.15) is 0 Å². The highest BCUT2D eigenvalue weighted by Crippen LogP contribution is 2.13. The average Bonchev–Trinajstić information content (AvgIpc) is 2.40. The van der Waals surface area contributed by atoms with E-state index in [1.165, 1.54) is 0 Å². The highest BCUT2D eigenvalue weighted by Gasteiger charge is 2.10. The van der Waals surface area contributed by atoms with E-state index >= 15 is 0 Å². The number of carbonyl (C=O) groups is 1. The molecular weight excluding hydrogens is 264 g/mol. The number of carbonyl (C=O) groups excluding carboxylic acids is 1. The number of amides is 2. The van der Waals surface area contributed by atoms with E-state index in [1.807, 2.05) is 39.0 Å². The lowest BCUT2D eigenvalue weighted by atomic mass is 10.1. The largest absolute Gasteiger partial charge is 0.371 e. The molecule has 1 rings (SSSR count). The van der Waals surface area contributed by atoms with Gasteiger partial charge in [0.2, 0.25) is 0 Å². The Balaban J connectivity index is 2.44. The van der Waals surface area contributed by atoms with E-state index in [0.717, 1.165) is 11.1 Å². The molecule has 0 fully saturated rings. The van der Waals surface area contributed by atoms with Crippen LogP contribution in [-0.2, 0) is 17.9 Å². The lowest BCUT2D eigenvalue weighted by Crippen LogP contribution is -2.37. The topological polar surface area (TPSA) is 50.4 Å². The molecule has 4 nitrogen and oxygen atoms in total. The molecule has 0 aliphatic heterocycles. The smallest absolute Gasteiger partial charge is 0.315 e. The molecule has 21 heavy (non-hydrogen) atoms. The minimum atomic E-state index is -0.148. The second-order valence-electron chi connectivity index (χ2n) is 6.68. The van der Waals surface area contributed by atoms with Gasteiger partial charge in [0, 0.05) is 13.1 Å². The zero-order valence-corrected chi connectivity index (χ0v) is 13.8. The third-order valence-electron chi connectivity index (χ3n) is 2.79. The standard InChI is InChI=1S/C17H28N2O2/c1-13(2)10-18-16(20)19-11-14-7-6-8-15(9-14)12-21-17(3,4)5/h6-9,13H,10-12H2,1-5H3,(H2,18,19,20). The summed E-state index contributed by atoms with van der Waals surface area (Å²) in [6.45, 7) is 12.0. The zero-order chi connectivity index (χ0) is 15.9. The number of ether oxygens (including phenoxy) is 1. The summed E-state index contributed by atoms with van der Waals surface area (Å²) in [7, 11) is 0. The van der Waals surface area contributed by atoms with Gasteiger partial charge in [-0.1, -0.05) is 38.1 Å². The number of benzene rings is 1. The van der Waals surface area contributed by atoms with E-state index in [1.54, 1.807) is 0 Å². The predicted octanol–water partition coefficient (Wildman–Crippen LogP) is 3.46. The van der Waals surface area contributed by atoms with E-state index in [-0.39, 0.29) is 11.6 Å². The molecule has 2 N–H and O–H groups in total. The normalized spacial score (nSPS) is 11.5. The van der Waals surface area contributed by atoms with Crippen LogP contribution in [0.25, 0.3) is 0 Å². The zero-order valence-electron chi connectivity index (χ0n) is 13.8. The Labute approximate surface area is 128 Å². The number of nitrogens with one attached hydrogen (secondary N) is 2. The first kappa shape index (κ1) is 17.5. The van der Waals surface area contributed by atoms with Gasteiger partial charge in [-0.3, -0.25) is 0 Å². The van der Waals surface area contributed by atoms with Gasteiger partial charge >= 0.3 is 6.03 Å². The molecule has 2 amide bonds. The first-order chi connectivity index (χ1) is 9.76. The van der Waals surface area contributed by atoms with Crippen LogP contribution in [0.2, 0.25) is 0 Å². The Hall–Kier alpha value is -1.55. The third kappa shape index (κ3) is 8.35. The van der Waals surface area contributed by atoms with Crippen LogP contribution in [-0.4, -0.2) is 18.2 Å². The lowest BCUT2D eigenvalue weighted by molar-refractivity contribution is -0.0149. The van der Waals surface area contributed by atoms with Gasteiger partial charge in [0.15, 0.2) is 0 Å². The summed E-state index contributed by atoms with van der Waals surface area (Å²) in [6.07, 6.45) is 0. The van der Waals surface area contributed by atoms with Crippen LogP contribution in [0.15, 0.2) is 24.3 Å². The summed E-state index contributed by atoms with van der Waals surface area (Å²) in [5.41, 5.74) is 2.04. The van der Waals surface area contributed by atoms with Crippen LogP contribution >= 0.6 is 0 Å². The van der Waals surface area contributed by atoms with Crippen LogP contribution in [0.1, 0.15) is 45.7 Å². The molecule has 0 saturated heterocycles. The summed E-state index contributed by atoms with van der Waals surface area (Å²) in [4.78, 5) is 11.6. The predicted molar refractivity (Wildman–Crippen MR) is 86.1 cm³/mol. The van der Waals surface area contributed by atoms with Crippen molar-refractivity contribution in [3.63, 3.8) is 0 Å². The van der Waals surface area contributed by atoms with E-state index in [9.17, 15) is 4.79 Å². The first-order valence-corrected chi connectivity index (χ1v) is 7.50. The van der Waals surface area contributed by atoms with Crippen LogP contribution < -0.4 is 10.6 Å². The molecule has 118 valence electrons. The van der Waals surface area contributed by atoms with E-state index in [4.69, 9.17) is 4.74 Å². The minimum Gasteiger partial charge on any atom is -0.371 e. The van der Waals surface area contributed by atoms with Crippen molar-refractivity contribution in [2.24, 2.45) is 5.92 Å². The van der Waals surface area contributed by atoms with Gasteiger partial charge in [-0.15, -0.1) is 0 Å². The van der Waals surface area contributed by atoms with Gasteiger partial charge < -0.3 is 15.4 Å². The van der Waals surface area contributed by atoms with Crippen molar-refractivity contribution in [1.29, 1.82) is 0 Å². The Morgan fingerprint density at radius 1 is 1.19 bits per heavy atom. The Morgan fingerprint density at radius 2 is 1.86 bits per heavy atom. The monoisotopic (exact) mass is 292 g/mol. The molecule has 0 heterocycles. The molecule has 1 aromatic carbocycles. The lowest BCUT2D eigenvalue weighted by Gasteiger charge is -2.19. The molecule has 0 aromatic heterocycles. The maximum atomic E-state index is 11.6. The van der Waals surface area contributed by atoms with Gasteiger partial charge in [-0.05, 0) is 37.8 Å². The first-order valence-electron chi connectivity index (χ1n) is 7.50. The fraction of sp³-hybridized carbons (Fsp3) is 0.588. The van der Waals surface area contributed by atoms with Crippen molar-refractivity contribution in [2.75, 3.05) is 6.54 Å². The number of hydrogen-bond acceptors (Lipinski definition) is 2. The van der Waals surface area contributed by atoms with Crippen LogP contribution in [0.3, 0.4) is 0 Å². The molecule has 0 spiro atoms. The molecule has 0 aliphatic carbocycles.